The standard InChI is InChI=1S/C26H21N3O7/c1-14-9-20(16(3)29(14)23-10-15(2)36-27-23)22(30)13-35-26(33)17-6-7-19-21(11-17)25(32)28(24(19)31)12-18-5-4-8-34-18/h4-11H,12-13H2,1-3H3. The molecule has 3 aromatic heterocycles. The number of Topliss-reactive ketones (excluding diaryl/α,β-unsaturated/α-hetero) is 1. The van der Waals surface area contributed by atoms with Crippen LogP contribution in [0.3, 0.4) is 0 Å². The third-order valence-corrected chi connectivity index (χ3v) is 6.01. The molecule has 36 heavy (non-hydrogen) atoms. The zero-order valence-corrected chi connectivity index (χ0v) is 19.7. The first-order valence-electron chi connectivity index (χ1n) is 11.1. The van der Waals surface area contributed by atoms with Gasteiger partial charge in [-0.3, -0.25) is 23.9 Å². The Bertz CT molecular complexity index is 1520. The van der Waals surface area contributed by atoms with Crippen molar-refractivity contribution in [1.29, 1.82) is 0 Å². The molecule has 182 valence electrons. The molecule has 1 aliphatic rings. The van der Waals surface area contributed by atoms with Crippen LogP contribution in [0.25, 0.3) is 5.82 Å². The third kappa shape index (κ3) is 3.92. The number of benzene rings is 1. The number of esters is 1. The summed E-state index contributed by atoms with van der Waals surface area (Å²) in [5, 5.41) is 3.99. The first kappa shape index (κ1) is 23.0. The van der Waals surface area contributed by atoms with Crippen molar-refractivity contribution >= 4 is 23.6 Å². The van der Waals surface area contributed by atoms with E-state index in [9.17, 15) is 19.2 Å². The van der Waals surface area contributed by atoms with E-state index in [1.165, 1.54) is 24.5 Å². The van der Waals surface area contributed by atoms with Crippen LogP contribution in [0.4, 0.5) is 0 Å². The number of ether oxygens (including phenoxy) is 1. The predicted octanol–water partition coefficient (Wildman–Crippen LogP) is 3.82. The maximum atomic E-state index is 12.8. The van der Waals surface area contributed by atoms with Crippen LogP contribution in [-0.4, -0.2) is 44.8 Å². The number of fused-ring (bicyclic) bond motifs is 1. The second-order valence-electron chi connectivity index (χ2n) is 8.45. The Kier molecular flexibility index (Phi) is 5.63. The van der Waals surface area contributed by atoms with Gasteiger partial charge in [-0.2, -0.15) is 0 Å². The van der Waals surface area contributed by atoms with Gasteiger partial charge >= 0.3 is 5.97 Å². The number of hydrogen-bond donors (Lipinski definition) is 0. The Hall–Kier alpha value is -4.73. The summed E-state index contributed by atoms with van der Waals surface area (Å²) in [5.74, 6) is -0.529. The lowest BCUT2D eigenvalue weighted by Crippen LogP contribution is -2.28. The SMILES string of the molecule is Cc1cc(-n2c(C)cc(C(=O)COC(=O)c3ccc4c(c3)C(=O)N(Cc3ccco3)C4=O)c2C)no1. The molecule has 0 bridgehead atoms. The number of furan rings is 1. The molecule has 1 aromatic carbocycles. The number of amides is 2. The average molecular weight is 487 g/mol. The van der Waals surface area contributed by atoms with Crippen molar-refractivity contribution in [2.75, 3.05) is 6.61 Å². The molecule has 4 heterocycles. The molecule has 0 aliphatic carbocycles. The van der Waals surface area contributed by atoms with E-state index in [4.69, 9.17) is 13.7 Å². The molecule has 0 saturated heterocycles. The van der Waals surface area contributed by atoms with E-state index in [1.807, 2.05) is 6.92 Å². The van der Waals surface area contributed by atoms with Gasteiger partial charge in [0.2, 0.25) is 5.78 Å². The Morgan fingerprint density at radius 2 is 1.78 bits per heavy atom. The van der Waals surface area contributed by atoms with E-state index in [0.717, 1.165) is 10.6 Å². The largest absolute Gasteiger partial charge is 0.467 e. The van der Waals surface area contributed by atoms with Crippen LogP contribution in [0.15, 0.2) is 57.7 Å². The van der Waals surface area contributed by atoms with Crippen LogP contribution in [0.1, 0.15) is 64.3 Å². The maximum absolute atomic E-state index is 12.8. The first-order chi connectivity index (χ1) is 17.2. The van der Waals surface area contributed by atoms with E-state index in [0.29, 0.717) is 28.6 Å². The zero-order chi connectivity index (χ0) is 25.6. The molecule has 0 unspecified atom stereocenters. The lowest BCUT2D eigenvalue weighted by Gasteiger charge is -2.11. The molecule has 0 fully saturated rings. The van der Waals surface area contributed by atoms with Crippen LogP contribution in [0, 0.1) is 20.8 Å². The first-order valence-corrected chi connectivity index (χ1v) is 11.1. The lowest BCUT2D eigenvalue weighted by molar-refractivity contribution is 0.0474. The number of ketones is 1. The van der Waals surface area contributed by atoms with E-state index in [1.54, 1.807) is 42.7 Å². The van der Waals surface area contributed by atoms with Crippen molar-refractivity contribution in [3.05, 3.63) is 93.9 Å². The minimum Gasteiger partial charge on any atom is -0.467 e. The van der Waals surface area contributed by atoms with Crippen LogP contribution in [0.5, 0.6) is 0 Å². The fourth-order valence-electron chi connectivity index (χ4n) is 4.27. The number of hydrogen-bond acceptors (Lipinski definition) is 8. The van der Waals surface area contributed by atoms with Gasteiger partial charge in [0, 0.05) is 23.0 Å². The molecule has 0 atom stereocenters. The summed E-state index contributed by atoms with van der Waals surface area (Å²) in [5.41, 5.74) is 2.15. The molecule has 4 aromatic rings. The fourth-order valence-corrected chi connectivity index (χ4v) is 4.27. The smallest absolute Gasteiger partial charge is 0.338 e. The Balaban J connectivity index is 1.29. The highest BCUT2D eigenvalue weighted by Crippen LogP contribution is 2.26. The molecule has 0 saturated carbocycles. The Morgan fingerprint density at radius 3 is 2.47 bits per heavy atom. The minimum atomic E-state index is -0.781. The highest BCUT2D eigenvalue weighted by atomic mass is 16.5. The van der Waals surface area contributed by atoms with Crippen molar-refractivity contribution < 1.29 is 32.9 Å². The van der Waals surface area contributed by atoms with E-state index in [2.05, 4.69) is 5.16 Å². The van der Waals surface area contributed by atoms with E-state index >= 15 is 0 Å². The zero-order valence-electron chi connectivity index (χ0n) is 19.7. The number of rotatable bonds is 7. The highest BCUT2D eigenvalue weighted by molar-refractivity contribution is 6.21. The molecule has 1 aliphatic heterocycles. The molecular formula is C26H21N3O7. The summed E-state index contributed by atoms with van der Waals surface area (Å²) in [6.07, 6.45) is 1.45. The maximum Gasteiger partial charge on any atom is 0.338 e. The topological polar surface area (TPSA) is 125 Å². The lowest BCUT2D eigenvalue weighted by atomic mass is 10.1. The number of aromatic nitrogens is 2. The summed E-state index contributed by atoms with van der Waals surface area (Å²) in [7, 11) is 0. The molecule has 0 radical (unpaired) electrons. The number of aryl methyl sites for hydroxylation is 2. The van der Waals surface area contributed by atoms with Crippen LogP contribution >= 0.6 is 0 Å². The van der Waals surface area contributed by atoms with Gasteiger partial charge in [0.15, 0.2) is 12.4 Å². The van der Waals surface area contributed by atoms with Gasteiger partial charge in [0.1, 0.15) is 11.5 Å². The second kappa shape index (κ2) is 8.81. The van der Waals surface area contributed by atoms with E-state index < -0.39 is 24.4 Å². The molecule has 10 nitrogen and oxygen atoms in total. The highest BCUT2D eigenvalue weighted by Gasteiger charge is 2.36. The second-order valence-corrected chi connectivity index (χ2v) is 8.45. The van der Waals surface area contributed by atoms with Gasteiger partial charge in [0.25, 0.3) is 11.8 Å². The van der Waals surface area contributed by atoms with Gasteiger partial charge in [0.05, 0.1) is 29.5 Å². The van der Waals surface area contributed by atoms with Crippen molar-refractivity contribution in [2.45, 2.75) is 27.3 Å². The summed E-state index contributed by atoms with van der Waals surface area (Å²) in [4.78, 5) is 52.0. The van der Waals surface area contributed by atoms with Crippen LogP contribution in [0.2, 0.25) is 0 Å². The fraction of sp³-hybridized carbons (Fsp3) is 0.192. The average Bonchev–Trinajstić information content (AvgIpc) is 3.63. The molecule has 0 spiro atoms. The van der Waals surface area contributed by atoms with Crippen molar-refractivity contribution in [1.82, 2.24) is 14.6 Å². The Labute approximate surface area is 205 Å². The van der Waals surface area contributed by atoms with Gasteiger partial charge in [-0.25, -0.2) is 4.79 Å². The summed E-state index contributed by atoms with van der Waals surface area (Å²) in [6, 6.07) is 10.9. The molecule has 0 N–H and O–H groups in total. The monoisotopic (exact) mass is 487 g/mol. The van der Waals surface area contributed by atoms with Gasteiger partial charge < -0.3 is 13.7 Å². The molecule has 5 rings (SSSR count). The van der Waals surface area contributed by atoms with Gasteiger partial charge in [-0.15, -0.1) is 0 Å². The van der Waals surface area contributed by atoms with E-state index in [-0.39, 0.29) is 29.0 Å². The minimum absolute atomic E-state index is 0.0139. The number of nitrogens with zero attached hydrogens (tertiary/aromatic N) is 3. The molecule has 10 heteroatoms. The van der Waals surface area contributed by atoms with Gasteiger partial charge in [-0.05, 0) is 57.2 Å². The van der Waals surface area contributed by atoms with Crippen molar-refractivity contribution in [3.63, 3.8) is 0 Å². The van der Waals surface area contributed by atoms with Crippen LogP contribution < -0.4 is 0 Å². The molecule has 2 amide bonds. The summed E-state index contributed by atoms with van der Waals surface area (Å²) in [6.45, 7) is 4.87. The number of imide groups is 1. The van der Waals surface area contributed by atoms with Crippen molar-refractivity contribution in [2.24, 2.45) is 0 Å². The van der Waals surface area contributed by atoms with Gasteiger partial charge in [-0.1, -0.05) is 5.16 Å². The third-order valence-electron chi connectivity index (χ3n) is 6.01. The summed E-state index contributed by atoms with van der Waals surface area (Å²) < 4.78 is 17.4. The van der Waals surface area contributed by atoms with Crippen molar-refractivity contribution in [3.8, 4) is 5.82 Å². The predicted molar refractivity (Wildman–Crippen MR) is 124 cm³/mol. The number of carbonyl (C=O) groups excluding carboxylic acids is 4. The summed E-state index contributed by atoms with van der Waals surface area (Å²) >= 11 is 0. The Morgan fingerprint density at radius 1 is 1.00 bits per heavy atom. The van der Waals surface area contributed by atoms with Crippen LogP contribution in [-0.2, 0) is 11.3 Å². The number of carbonyl (C=O) groups is 4. The normalized spacial score (nSPS) is 12.8. The quantitative estimate of drug-likeness (QED) is 0.219. The molecular weight excluding hydrogens is 466 g/mol.